The van der Waals surface area contributed by atoms with Gasteiger partial charge in [0, 0.05) is 97.5 Å². The van der Waals surface area contributed by atoms with E-state index in [-0.39, 0.29) is 126 Å². The van der Waals surface area contributed by atoms with Crippen molar-refractivity contribution in [2.45, 2.75) is 92.6 Å². The number of nitrogens with zero attached hydrogens (tertiary/aromatic N) is 3. The van der Waals surface area contributed by atoms with Crippen LogP contribution in [-0.4, -0.2) is 196 Å². The number of ether oxygens (including phenoxy) is 4. The Bertz CT molecular complexity index is 2180. The van der Waals surface area contributed by atoms with E-state index in [1.54, 1.807) is 0 Å². The second kappa shape index (κ2) is 33.3. The Balaban J connectivity index is 0.854. The van der Waals surface area contributed by atoms with Crippen LogP contribution >= 0.6 is 23.5 Å². The quantitative estimate of drug-likeness (QED) is 0.0430. The highest BCUT2D eigenvalue weighted by molar-refractivity contribution is 8.00. The number of aliphatic imine (C=N–C) groups is 2. The first-order valence-electron chi connectivity index (χ1n) is 26.5. The molecule has 0 bridgehead atoms. The van der Waals surface area contributed by atoms with Crippen LogP contribution in [0.1, 0.15) is 77.6 Å². The van der Waals surface area contributed by atoms with E-state index in [9.17, 15) is 33.9 Å². The van der Waals surface area contributed by atoms with Crippen molar-refractivity contribution >= 4 is 76.9 Å². The van der Waals surface area contributed by atoms with E-state index in [0.717, 1.165) is 55.6 Å². The van der Waals surface area contributed by atoms with Crippen LogP contribution in [0.4, 0.5) is 15.3 Å². The van der Waals surface area contributed by atoms with Crippen molar-refractivity contribution in [3.05, 3.63) is 65.2 Å². The number of nitrogens with two attached hydrogens (primary N) is 2. The average molecular weight is 1110 g/mol. The molecule has 4 aliphatic heterocycles. The number of fused-ring (bicyclic) bond motifs is 2. The van der Waals surface area contributed by atoms with Gasteiger partial charge in [-0.15, -0.1) is 0 Å². The molecule has 0 spiro atoms. The predicted octanol–water partition coefficient (Wildman–Crippen LogP) is 1.41. The van der Waals surface area contributed by atoms with Crippen molar-refractivity contribution in [3.8, 4) is 0 Å². The number of benzene rings is 2. The molecule has 6 rings (SSSR count). The monoisotopic (exact) mass is 1110 g/mol. The van der Waals surface area contributed by atoms with Gasteiger partial charge in [-0.1, -0.05) is 43.2 Å². The highest BCUT2D eigenvalue weighted by Crippen LogP contribution is 2.36. The van der Waals surface area contributed by atoms with Crippen LogP contribution in [0.15, 0.2) is 58.5 Å². The molecule has 2 fully saturated rings. The number of unbranched alkanes of at least 4 members (excludes halogenated alkanes) is 2. The van der Waals surface area contributed by atoms with Crippen LogP contribution in [0.25, 0.3) is 0 Å². The Morgan fingerprint density at radius 2 is 1.08 bits per heavy atom. The largest absolute Gasteiger partial charge is 0.465 e. The molecule has 2 aromatic rings. The molecule has 7 amide bonds. The topological polar surface area (TPSA) is 336 Å². The Kier molecular flexibility index (Phi) is 26.0. The lowest BCUT2D eigenvalue weighted by Gasteiger charge is -2.19. The predicted molar refractivity (Wildman–Crippen MR) is 296 cm³/mol. The van der Waals surface area contributed by atoms with E-state index in [4.69, 9.17) is 30.4 Å². The van der Waals surface area contributed by atoms with Crippen LogP contribution < -0.4 is 54.0 Å². The number of anilines is 1. The van der Waals surface area contributed by atoms with Crippen LogP contribution in [0, 0.1) is 0 Å². The zero-order valence-corrected chi connectivity index (χ0v) is 45.2. The number of carbonyl (C=O) groups is 6. The summed E-state index contributed by atoms with van der Waals surface area (Å²) >= 11 is 3.81. The van der Waals surface area contributed by atoms with Crippen molar-refractivity contribution in [2.75, 3.05) is 109 Å². The summed E-state index contributed by atoms with van der Waals surface area (Å²) in [4.78, 5) is 86.4. The standard InChI is InChI=1S/C51H77N13O11S2/c52-48-60-38-32-76-40(44(38)62-48)10-4-6-12-42(65)54-14-20-72-22-16-56-46(67)35-28-36(47(68)57-17-23-73-21-15-55-43(66)13-7-5-11-41-45-39(33-77-41)61-49(53)63-45)30-37(29-35)59-50(69)58-18-24-74-26-27-75-25-19-64(51(70)71)31-34-8-2-1-3-9-34/h1-3,8-9,28-30,38-41,44-45H,4-7,10-27,31-33H2,(H,54,65)(H,55,66)(H,56,67)(H,57,68)(H,70,71)(H3,52,60,62)(H3,53,61,63)(H2,58,59,69)/t38-,39-,40-,41-,44-,45-/m0/s1. The molecule has 77 heavy (non-hydrogen) atoms. The Hall–Kier alpha value is -6.06. The minimum atomic E-state index is -1.04. The molecule has 6 atom stereocenters. The third-order valence-electron chi connectivity index (χ3n) is 12.9. The van der Waals surface area contributed by atoms with Crippen molar-refractivity contribution < 1.29 is 52.8 Å². The first kappa shape index (κ1) is 60.2. The molecule has 24 nitrogen and oxygen atoms in total. The molecule has 4 heterocycles. The maximum Gasteiger partial charge on any atom is 0.407 e. The summed E-state index contributed by atoms with van der Waals surface area (Å²) in [5, 5.41) is 33.4. The lowest BCUT2D eigenvalue weighted by Crippen LogP contribution is -2.38. The SMILES string of the molecule is NC1=N[C@H]2[C@H](CS[C@H]2CCCCC(=O)NCCOCCNC(=O)c2cc(NC(=O)NCCOCCOCCN(Cc3ccccc3)C(=O)O)cc(C(=O)NCCOCCNC(=O)CCCC[C@@H]3SC[C@@H]4NC(N)=N[C@@H]43)c2)N1. The van der Waals surface area contributed by atoms with Gasteiger partial charge in [0.05, 0.1) is 77.0 Å². The molecule has 0 unspecified atom stereocenters. The van der Waals surface area contributed by atoms with Gasteiger partial charge in [0.2, 0.25) is 11.8 Å². The fourth-order valence-electron chi connectivity index (χ4n) is 9.01. The first-order chi connectivity index (χ1) is 37.4. The Morgan fingerprint density at radius 3 is 1.58 bits per heavy atom. The third kappa shape index (κ3) is 21.7. The molecular weight excluding hydrogens is 1030 g/mol. The van der Waals surface area contributed by atoms with Crippen LogP contribution in [0.3, 0.4) is 0 Å². The van der Waals surface area contributed by atoms with Gasteiger partial charge >= 0.3 is 12.1 Å². The van der Waals surface area contributed by atoms with Gasteiger partial charge < -0.3 is 83.0 Å². The van der Waals surface area contributed by atoms with Gasteiger partial charge in [-0.05, 0) is 49.4 Å². The Labute approximate surface area is 458 Å². The molecular formula is C51H77N13O11S2. The molecule has 0 aromatic heterocycles. The van der Waals surface area contributed by atoms with Crippen LogP contribution in [-0.2, 0) is 35.1 Å². The van der Waals surface area contributed by atoms with Gasteiger partial charge in [-0.2, -0.15) is 23.5 Å². The van der Waals surface area contributed by atoms with E-state index in [1.807, 2.05) is 53.9 Å². The molecule has 26 heteroatoms. The van der Waals surface area contributed by atoms with Gasteiger partial charge in [0.25, 0.3) is 11.8 Å². The van der Waals surface area contributed by atoms with E-state index in [1.165, 1.54) is 23.1 Å². The number of carboxylic acid groups (broad SMARTS) is 1. The summed E-state index contributed by atoms with van der Waals surface area (Å²) in [6, 6.07) is 14.0. The van der Waals surface area contributed by atoms with E-state index >= 15 is 0 Å². The molecule has 4 aliphatic rings. The number of hydrogen-bond donors (Lipinski definition) is 11. The minimum absolute atomic E-state index is 0.0493. The number of amides is 7. The maximum absolute atomic E-state index is 13.4. The molecule has 2 saturated heterocycles. The second-order valence-corrected chi connectivity index (χ2v) is 21.3. The number of carbonyl (C=O) groups excluding carboxylic acids is 5. The highest BCUT2D eigenvalue weighted by atomic mass is 32.2. The summed E-state index contributed by atoms with van der Waals surface area (Å²) in [6.45, 7) is 3.11. The highest BCUT2D eigenvalue weighted by Gasteiger charge is 2.41. The van der Waals surface area contributed by atoms with E-state index in [0.29, 0.717) is 60.4 Å². The summed E-state index contributed by atoms with van der Waals surface area (Å²) in [7, 11) is 0. The van der Waals surface area contributed by atoms with Crippen molar-refractivity contribution in [1.29, 1.82) is 0 Å². The van der Waals surface area contributed by atoms with Crippen LogP contribution in [0.5, 0.6) is 0 Å². The van der Waals surface area contributed by atoms with Crippen molar-refractivity contribution in [1.82, 2.24) is 42.1 Å². The summed E-state index contributed by atoms with van der Waals surface area (Å²) < 4.78 is 22.4. The second-order valence-electron chi connectivity index (χ2n) is 18.8. The number of thioether (sulfide) groups is 2. The maximum atomic E-state index is 13.4. The fraction of sp³-hybridized carbons (Fsp3) is 0.608. The van der Waals surface area contributed by atoms with Gasteiger partial charge in [-0.3, -0.25) is 19.2 Å². The number of rotatable bonds is 36. The summed E-state index contributed by atoms with van der Waals surface area (Å²) in [6.07, 6.45) is 5.17. The van der Waals surface area contributed by atoms with Crippen molar-refractivity contribution in [2.24, 2.45) is 21.5 Å². The third-order valence-corrected chi connectivity index (χ3v) is 15.9. The number of urea groups is 1. The lowest BCUT2D eigenvalue weighted by molar-refractivity contribution is -0.122. The summed E-state index contributed by atoms with van der Waals surface area (Å²) in [5.41, 5.74) is 12.9. The molecule has 13 N–H and O–H groups in total. The molecule has 0 saturated carbocycles. The Morgan fingerprint density at radius 1 is 0.610 bits per heavy atom. The van der Waals surface area contributed by atoms with E-state index in [2.05, 4.69) is 52.5 Å². The minimum Gasteiger partial charge on any atom is -0.465 e. The number of guanidine groups is 2. The number of nitrogens with one attached hydrogen (secondary N) is 8. The average Bonchev–Trinajstić information content (AvgIpc) is 4.21. The molecule has 0 aliphatic carbocycles. The fourth-order valence-corrected chi connectivity index (χ4v) is 12.0. The lowest BCUT2D eigenvalue weighted by atomic mass is 10.0. The van der Waals surface area contributed by atoms with Gasteiger partial charge in [0.15, 0.2) is 11.9 Å². The van der Waals surface area contributed by atoms with Gasteiger partial charge in [-0.25, -0.2) is 19.6 Å². The van der Waals surface area contributed by atoms with Crippen LogP contribution in [0.2, 0.25) is 0 Å². The zero-order chi connectivity index (χ0) is 54.6. The zero-order valence-electron chi connectivity index (χ0n) is 43.6. The number of hydrogen-bond acceptors (Lipinski definition) is 18. The van der Waals surface area contributed by atoms with E-state index < -0.39 is 23.9 Å². The smallest absolute Gasteiger partial charge is 0.407 e. The van der Waals surface area contributed by atoms with Crippen molar-refractivity contribution in [3.63, 3.8) is 0 Å². The molecule has 2 aromatic carbocycles. The van der Waals surface area contributed by atoms with Gasteiger partial charge in [0.1, 0.15) is 0 Å². The first-order valence-corrected chi connectivity index (χ1v) is 28.6. The normalized spacial score (nSPS) is 19.9. The molecule has 424 valence electrons. The summed E-state index contributed by atoms with van der Waals surface area (Å²) in [5.74, 6) is 1.90. The molecule has 0 radical (unpaired) electrons.